The van der Waals surface area contributed by atoms with Gasteiger partial charge < -0.3 is 4.74 Å². The van der Waals surface area contributed by atoms with Gasteiger partial charge in [0.15, 0.2) is 5.75 Å². The number of aromatic nitrogens is 2. The fourth-order valence-corrected chi connectivity index (χ4v) is 2.13. The quantitative estimate of drug-likeness (QED) is 0.573. The van der Waals surface area contributed by atoms with E-state index in [0.717, 1.165) is 4.57 Å². The highest BCUT2D eigenvalue weighted by atomic mass is 16.6. The lowest BCUT2D eigenvalue weighted by molar-refractivity contribution is -0.385. The molecule has 124 valence electrons. The van der Waals surface area contributed by atoms with Crippen molar-refractivity contribution >= 4 is 5.69 Å². The van der Waals surface area contributed by atoms with E-state index in [0.29, 0.717) is 6.54 Å². The van der Waals surface area contributed by atoms with Crippen LogP contribution in [-0.2, 0) is 13.1 Å². The van der Waals surface area contributed by atoms with Gasteiger partial charge in [-0.15, -0.1) is 0 Å². The number of aryl methyl sites for hydroxylation is 1. The second-order valence-electron chi connectivity index (χ2n) is 4.75. The Bertz CT molecular complexity index is 923. The number of nitrogens with zero attached hydrogens (tertiary/aromatic N) is 4. The van der Waals surface area contributed by atoms with Gasteiger partial charge in [-0.3, -0.25) is 24.0 Å². The Morgan fingerprint density at radius 1 is 1.33 bits per heavy atom. The minimum atomic E-state index is -0.710. The topological polar surface area (TPSA) is 120 Å². The maximum Gasteiger partial charge on any atom is 0.331 e. The zero-order chi connectivity index (χ0) is 17.7. The molecule has 0 aliphatic heterocycles. The predicted molar refractivity (Wildman–Crippen MR) is 83.9 cm³/mol. The zero-order valence-corrected chi connectivity index (χ0v) is 12.8. The first-order valence-electron chi connectivity index (χ1n) is 7.10. The fraction of sp³-hybridized carbons (Fsp3) is 0.267. The van der Waals surface area contributed by atoms with Gasteiger partial charge in [0, 0.05) is 18.8 Å². The second-order valence-corrected chi connectivity index (χ2v) is 4.75. The molecule has 0 aliphatic carbocycles. The van der Waals surface area contributed by atoms with Crippen LogP contribution in [0, 0.1) is 21.4 Å². The molecule has 2 rings (SSSR count). The molecule has 9 nitrogen and oxygen atoms in total. The molecule has 24 heavy (non-hydrogen) atoms. The predicted octanol–water partition coefficient (Wildman–Crippen LogP) is 0.889. The molecule has 1 heterocycles. The third kappa shape index (κ3) is 3.33. The van der Waals surface area contributed by atoms with Crippen molar-refractivity contribution in [1.82, 2.24) is 9.13 Å². The van der Waals surface area contributed by atoms with E-state index in [1.54, 1.807) is 19.1 Å². The van der Waals surface area contributed by atoms with Gasteiger partial charge in [-0.1, -0.05) is 12.1 Å². The third-order valence-corrected chi connectivity index (χ3v) is 3.33. The Hall–Kier alpha value is -3.41. The maximum atomic E-state index is 12.2. The lowest BCUT2D eigenvalue weighted by Gasteiger charge is -2.10. The van der Waals surface area contributed by atoms with Crippen molar-refractivity contribution in [2.45, 2.75) is 20.0 Å². The summed E-state index contributed by atoms with van der Waals surface area (Å²) >= 11 is 0. The standard InChI is InChI=1S/C15H14N4O5/c1-2-17-10-11(9-16)14(20)18(15(17)21)7-8-24-13-6-4-3-5-12(13)19(22)23/h3-6,10H,2,7-8H2,1H3. The minimum Gasteiger partial charge on any atom is -0.485 e. The van der Waals surface area contributed by atoms with Gasteiger partial charge in [0.05, 0.1) is 11.5 Å². The van der Waals surface area contributed by atoms with Gasteiger partial charge >= 0.3 is 11.4 Å². The van der Waals surface area contributed by atoms with Crippen molar-refractivity contribution in [3.05, 3.63) is 67.0 Å². The summed E-state index contributed by atoms with van der Waals surface area (Å²) in [5.41, 5.74) is -1.63. The molecule has 0 bridgehead atoms. The average Bonchev–Trinajstić information content (AvgIpc) is 2.58. The number of benzene rings is 1. The molecule has 0 amide bonds. The van der Waals surface area contributed by atoms with E-state index in [4.69, 9.17) is 10.00 Å². The smallest absolute Gasteiger partial charge is 0.331 e. The molecule has 0 unspecified atom stereocenters. The number of hydrogen-bond acceptors (Lipinski definition) is 6. The summed E-state index contributed by atoms with van der Waals surface area (Å²) in [6.07, 6.45) is 1.21. The normalized spacial score (nSPS) is 10.2. The molecule has 0 saturated heterocycles. The number of rotatable bonds is 6. The van der Waals surface area contributed by atoms with Crippen LogP contribution in [0.25, 0.3) is 0 Å². The second kappa shape index (κ2) is 7.23. The van der Waals surface area contributed by atoms with Crippen LogP contribution in [-0.4, -0.2) is 20.7 Å². The minimum absolute atomic E-state index is 0.0443. The van der Waals surface area contributed by atoms with Crippen molar-refractivity contribution in [2.75, 3.05) is 6.61 Å². The first-order valence-corrected chi connectivity index (χ1v) is 7.10. The van der Waals surface area contributed by atoms with Crippen LogP contribution in [0.3, 0.4) is 0 Å². The van der Waals surface area contributed by atoms with Crippen LogP contribution in [0.4, 0.5) is 5.69 Å². The number of nitro groups is 1. The SMILES string of the molecule is CCn1cc(C#N)c(=O)n(CCOc2ccccc2[N+](=O)[O-])c1=O. The van der Waals surface area contributed by atoms with E-state index in [-0.39, 0.29) is 30.2 Å². The Morgan fingerprint density at radius 2 is 2.04 bits per heavy atom. The molecule has 0 saturated carbocycles. The van der Waals surface area contributed by atoms with Crippen LogP contribution in [0.15, 0.2) is 40.1 Å². The summed E-state index contributed by atoms with van der Waals surface area (Å²) in [4.78, 5) is 34.6. The van der Waals surface area contributed by atoms with Gasteiger partial charge in [-0.2, -0.15) is 5.26 Å². The Morgan fingerprint density at radius 3 is 2.67 bits per heavy atom. The molecule has 1 aromatic heterocycles. The van der Waals surface area contributed by atoms with Crippen LogP contribution in [0.1, 0.15) is 12.5 Å². The highest BCUT2D eigenvalue weighted by Gasteiger charge is 2.15. The summed E-state index contributed by atoms with van der Waals surface area (Å²) < 4.78 is 7.45. The van der Waals surface area contributed by atoms with E-state index in [1.807, 2.05) is 0 Å². The lowest BCUT2D eigenvalue weighted by atomic mass is 10.3. The number of nitriles is 1. The van der Waals surface area contributed by atoms with Crippen molar-refractivity contribution in [3.63, 3.8) is 0 Å². The zero-order valence-electron chi connectivity index (χ0n) is 12.8. The monoisotopic (exact) mass is 330 g/mol. The van der Waals surface area contributed by atoms with Gasteiger partial charge in [0.2, 0.25) is 0 Å². The van der Waals surface area contributed by atoms with E-state index in [9.17, 15) is 19.7 Å². The molecule has 0 N–H and O–H groups in total. The van der Waals surface area contributed by atoms with Crippen LogP contribution in [0.2, 0.25) is 0 Å². The first kappa shape index (κ1) is 17.0. The van der Waals surface area contributed by atoms with E-state index in [2.05, 4.69) is 0 Å². The number of para-hydroxylation sites is 2. The van der Waals surface area contributed by atoms with Crippen molar-refractivity contribution in [1.29, 1.82) is 5.26 Å². The van der Waals surface area contributed by atoms with E-state index < -0.39 is 16.2 Å². The Kier molecular flexibility index (Phi) is 5.11. The van der Waals surface area contributed by atoms with Crippen LogP contribution < -0.4 is 16.0 Å². The molecule has 0 aliphatic rings. The Balaban J connectivity index is 2.25. The van der Waals surface area contributed by atoms with Crippen molar-refractivity contribution < 1.29 is 9.66 Å². The lowest BCUT2D eigenvalue weighted by Crippen LogP contribution is -2.41. The highest BCUT2D eigenvalue weighted by molar-refractivity contribution is 5.45. The third-order valence-electron chi connectivity index (χ3n) is 3.33. The summed E-state index contributed by atoms with van der Waals surface area (Å²) in [6.45, 7) is 1.76. The first-order chi connectivity index (χ1) is 11.5. The summed E-state index contributed by atoms with van der Waals surface area (Å²) in [5.74, 6) is 0.0443. The molecular formula is C15H14N4O5. The van der Waals surface area contributed by atoms with Gasteiger partial charge in [-0.25, -0.2) is 4.79 Å². The molecular weight excluding hydrogens is 316 g/mol. The van der Waals surface area contributed by atoms with Gasteiger partial charge in [0.1, 0.15) is 18.2 Å². The average molecular weight is 330 g/mol. The van der Waals surface area contributed by atoms with E-state index >= 15 is 0 Å². The highest BCUT2D eigenvalue weighted by Crippen LogP contribution is 2.25. The molecule has 1 aromatic carbocycles. The van der Waals surface area contributed by atoms with Gasteiger partial charge in [-0.05, 0) is 13.0 Å². The number of hydrogen-bond donors (Lipinski definition) is 0. The van der Waals surface area contributed by atoms with Crippen molar-refractivity contribution in [2.24, 2.45) is 0 Å². The summed E-state index contributed by atoms with van der Waals surface area (Å²) in [5, 5.41) is 19.9. The van der Waals surface area contributed by atoms with Crippen LogP contribution in [0.5, 0.6) is 5.75 Å². The maximum absolute atomic E-state index is 12.2. The molecule has 9 heteroatoms. The largest absolute Gasteiger partial charge is 0.485 e. The Labute approximate surface area is 136 Å². The van der Waals surface area contributed by atoms with Crippen LogP contribution >= 0.6 is 0 Å². The van der Waals surface area contributed by atoms with Crippen molar-refractivity contribution in [3.8, 4) is 11.8 Å². The summed E-state index contributed by atoms with van der Waals surface area (Å²) in [6, 6.07) is 7.55. The molecule has 0 spiro atoms. The fourth-order valence-electron chi connectivity index (χ4n) is 2.13. The number of nitro benzene ring substituents is 1. The molecule has 0 atom stereocenters. The summed E-state index contributed by atoms with van der Waals surface area (Å²) in [7, 11) is 0. The number of ether oxygens (including phenoxy) is 1. The van der Waals surface area contributed by atoms with Gasteiger partial charge in [0.25, 0.3) is 5.56 Å². The molecule has 2 aromatic rings. The molecule has 0 fully saturated rings. The van der Waals surface area contributed by atoms with E-state index in [1.165, 1.54) is 29.0 Å². The molecule has 0 radical (unpaired) electrons.